The van der Waals surface area contributed by atoms with Gasteiger partial charge in [0.15, 0.2) is 0 Å². The van der Waals surface area contributed by atoms with Crippen molar-refractivity contribution in [3.8, 4) is 65.9 Å². The van der Waals surface area contributed by atoms with Gasteiger partial charge in [-0.15, -0.1) is 22.7 Å². The number of benzene rings is 6. The molecule has 0 amide bonds. The molecule has 0 atom stereocenters. The van der Waals surface area contributed by atoms with Gasteiger partial charge < -0.3 is 0 Å². The van der Waals surface area contributed by atoms with Crippen molar-refractivity contribution in [2.45, 2.75) is 0 Å². The third kappa shape index (κ3) is 5.29. The van der Waals surface area contributed by atoms with Gasteiger partial charge in [-0.05, 0) is 53.6 Å². The summed E-state index contributed by atoms with van der Waals surface area (Å²) in [5.41, 5.74) is 12.6. The second-order valence-corrected chi connectivity index (χ2v) is 13.7. The number of thiazole rings is 2. The van der Waals surface area contributed by atoms with E-state index in [-0.39, 0.29) is 0 Å². The lowest BCUT2D eigenvalue weighted by atomic mass is 9.91. The molecule has 5 heteroatoms. The molecule has 0 aliphatic carbocycles. The number of hydrogen-bond donors (Lipinski definition) is 0. The normalized spacial score (nSPS) is 11.3. The second-order valence-electron chi connectivity index (χ2n) is 11.6. The van der Waals surface area contributed by atoms with Crippen LogP contribution >= 0.6 is 22.7 Å². The number of hydrogen-bond acceptors (Lipinski definition) is 5. The van der Waals surface area contributed by atoms with Crippen LogP contribution < -0.4 is 0 Å². The average molecular weight is 650 g/mol. The van der Waals surface area contributed by atoms with E-state index in [4.69, 9.17) is 15.0 Å². The Morgan fingerprint density at radius 3 is 1.17 bits per heavy atom. The van der Waals surface area contributed by atoms with Gasteiger partial charge in [-0.25, -0.2) is 15.0 Å². The zero-order valence-corrected chi connectivity index (χ0v) is 27.4. The summed E-state index contributed by atoms with van der Waals surface area (Å²) >= 11 is 3.44. The summed E-state index contributed by atoms with van der Waals surface area (Å²) in [6.07, 6.45) is 0. The Morgan fingerprint density at radius 2 is 0.708 bits per heavy atom. The minimum absolute atomic E-state index is 0.934. The minimum Gasteiger partial charge on any atom is -0.246 e. The third-order valence-electron chi connectivity index (χ3n) is 8.55. The van der Waals surface area contributed by atoms with Crippen LogP contribution in [0.15, 0.2) is 164 Å². The molecule has 9 rings (SSSR count). The predicted octanol–water partition coefficient (Wildman–Crippen LogP) is 12.3. The molecule has 0 saturated carbocycles. The largest absolute Gasteiger partial charge is 0.246 e. The molecule has 0 N–H and O–H groups in total. The smallest absolute Gasteiger partial charge is 0.124 e. The molecule has 6 aromatic carbocycles. The Labute approximate surface area is 286 Å². The van der Waals surface area contributed by atoms with Crippen molar-refractivity contribution in [2.24, 2.45) is 0 Å². The molecule has 226 valence electrons. The lowest BCUT2D eigenvalue weighted by molar-refractivity contribution is 1.32. The van der Waals surface area contributed by atoms with Crippen molar-refractivity contribution >= 4 is 43.1 Å². The number of pyridine rings is 1. The number of nitrogens with zero attached hydrogens (tertiary/aromatic N) is 3. The highest BCUT2D eigenvalue weighted by Gasteiger charge is 2.19. The predicted molar refractivity (Wildman–Crippen MR) is 203 cm³/mol. The Kier molecular flexibility index (Phi) is 7.19. The van der Waals surface area contributed by atoms with Gasteiger partial charge in [0.2, 0.25) is 0 Å². The van der Waals surface area contributed by atoms with Gasteiger partial charge >= 0.3 is 0 Å². The molecule has 0 aliphatic heterocycles. The first kappa shape index (κ1) is 28.5. The van der Waals surface area contributed by atoms with E-state index >= 15 is 0 Å². The summed E-state index contributed by atoms with van der Waals surface area (Å²) in [5.74, 6) is 0. The van der Waals surface area contributed by atoms with Gasteiger partial charge in [-0.2, -0.15) is 0 Å². The monoisotopic (exact) mass is 649 g/mol. The highest BCUT2D eigenvalue weighted by molar-refractivity contribution is 7.22. The van der Waals surface area contributed by atoms with Crippen LogP contribution in [0.3, 0.4) is 0 Å². The molecule has 0 radical (unpaired) electrons. The highest BCUT2D eigenvalue weighted by Crippen LogP contribution is 2.42. The standard InChI is InChI=1S/C43H27N3S2/c1-3-13-28(14-4-1)34-27-35(29-15-5-2-6-16-29)41(31-18-12-20-33(26-31)43-45-37-22-8-10-24-39(37)48-43)46-40(34)30-17-11-19-32(25-30)42-44-36-21-7-9-23-38(36)47-42/h1-27H. The summed E-state index contributed by atoms with van der Waals surface area (Å²) < 4.78 is 2.37. The number of fused-ring (bicyclic) bond motifs is 2. The lowest BCUT2D eigenvalue weighted by Gasteiger charge is -2.18. The van der Waals surface area contributed by atoms with E-state index in [1.165, 1.54) is 9.40 Å². The van der Waals surface area contributed by atoms with Crippen LogP contribution in [0.1, 0.15) is 0 Å². The maximum Gasteiger partial charge on any atom is 0.124 e. The van der Waals surface area contributed by atoms with Crippen molar-refractivity contribution in [1.82, 2.24) is 15.0 Å². The number of para-hydroxylation sites is 2. The van der Waals surface area contributed by atoms with Crippen molar-refractivity contribution in [3.63, 3.8) is 0 Å². The van der Waals surface area contributed by atoms with E-state index in [2.05, 4.69) is 152 Å². The number of rotatable bonds is 6. The fourth-order valence-electron chi connectivity index (χ4n) is 6.22. The average Bonchev–Trinajstić information content (AvgIpc) is 3.80. The van der Waals surface area contributed by atoms with E-state index in [1.54, 1.807) is 22.7 Å². The molecular weight excluding hydrogens is 623 g/mol. The van der Waals surface area contributed by atoms with Gasteiger partial charge in [-0.3, -0.25) is 0 Å². The lowest BCUT2D eigenvalue weighted by Crippen LogP contribution is -1.97. The molecule has 48 heavy (non-hydrogen) atoms. The molecule has 9 aromatic rings. The zero-order chi connectivity index (χ0) is 31.9. The van der Waals surface area contributed by atoms with Gasteiger partial charge in [0, 0.05) is 33.4 Å². The van der Waals surface area contributed by atoms with Crippen molar-refractivity contribution < 1.29 is 0 Å². The first-order valence-electron chi connectivity index (χ1n) is 15.9. The fraction of sp³-hybridized carbons (Fsp3) is 0. The van der Waals surface area contributed by atoms with Gasteiger partial charge in [0.25, 0.3) is 0 Å². The van der Waals surface area contributed by atoms with Crippen molar-refractivity contribution in [2.75, 3.05) is 0 Å². The second kappa shape index (κ2) is 12.1. The first-order chi connectivity index (χ1) is 23.8. The van der Waals surface area contributed by atoms with Crippen LogP contribution in [0.5, 0.6) is 0 Å². The van der Waals surface area contributed by atoms with Crippen LogP contribution in [-0.2, 0) is 0 Å². The third-order valence-corrected chi connectivity index (χ3v) is 10.7. The molecule has 3 heterocycles. The summed E-state index contributed by atoms with van der Waals surface area (Å²) in [6.45, 7) is 0. The Morgan fingerprint density at radius 1 is 0.312 bits per heavy atom. The maximum absolute atomic E-state index is 5.59. The summed E-state index contributed by atoms with van der Waals surface area (Å²) in [7, 11) is 0. The summed E-state index contributed by atoms with van der Waals surface area (Å²) in [6, 6.07) is 57.4. The van der Waals surface area contributed by atoms with E-state index in [0.29, 0.717) is 0 Å². The molecule has 0 unspecified atom stereocenters. The topological polar surface area (TPSA) is 38.7 Å². The number of aromatic nitrogens is 3. The van der Waals surface area contributed by atoms with E-state index in [9.17, 15) is 0 Å². The SMILES string of the molecule is c1ccc(-c2cc(-c3ccccc3)c(-c3cccc(-c4nc5ccccc5s4)c3)nc2-c2cccc(-c3nc4ccccc4s3)c2)cc1. The Bertz CT molecular complexity index is 2330. The molecule has 0 saturated heterocycles. The fourth-order valence-corrected chi connectivity index (χ4v) is 8.14. The molecule has 3 nitrogen and oxygen atoms in total. The first-order valence-corrected chi connectivity index (χ1v) is 17.5. The van der Waals surface area contributed by atoms with E-state index in [1.807, 2.05) is 12.1 Å². The van der Waals surface area contributed by atoms with Crippen LogP contribution in [0, 0.1) is 0 Å². The van der Waals surface area contributed by atoms with E-state index < -0.39 is 0 Å². The van der Waals surface area contributed by atoms with Crippen LogP contribution in [0.2, 0.25) is 0 Å². The van der Waals surface area contributed by atoms with Crippen molar-refractivity contribution in [3.05, 3.63) is 164 Å². The van der Waals surface area contributed by atoms with Crippen LogP contribution in [0.25, 0.3) is 86.3 Å². The van der Waals surface area contributed by atoms with Gasteiger partial charge in [-0.1, -0.05) is 121 Å². The quantitative estimate of drug-likeness (QED) is 0.180. The highest BCUT2D eigenvalue weighted by atomic mass is 32.1. The molecule has 0 aliphatic rings. The zero-order valence-electron chi connectivity index (χ0n) is 25.7. The maximum atomic E-state index is 5.59. The van der Waals surface area contributed by atoms with Crippen LogP contribution in [0.4, 0.5) is 0 Å². The molecule has 3 aromatic heterocycles. The van der Waals surface area contributed by atoms with Crippen molar-refractivity contribution in [1.29, 1.82) is 0 Å². The summed E-state index contributed by atoms with van der Waals surface area (Å²) in [4.78, 5) is 15.5. The minimum atomic E-state index is 0.934. The van der Waals surface area contributed by atoms with E-state index in [0.717, 1.165) is 76.9 Å². The molecule has 0 bridgehead atoms. The molecular formula is C43H27N3S2. The molecule has 0 fully saturated rings. The molecule has 0 spiro atoms. The Balaban J connectivity index is 1.26. The summed E-state index contributed by atoms with van der Waals surface area (Å²) in [5, 5.41) is 2.01. The Hall–Kier alpha value is -5.75. The van der Waals surface area contributed by atoms with Gasteiger partial charge in [0.1, 0.15) is 10.0 Å². The van der Waals surface area contributed by atoms with Crippen LogP contribution in [-0.4, -0.2) is 15.0 Å². The van der Waals surface area contributed by atoms with Gasteiger partial charge in [0.05, 0.1) is 31.8 Å².